The van der Waals surface area contributed by atoms with E-state index in [1.165, 1.54) is 0 Å². The topological polar surface area (TPSA) is 38.8 Å². The van der Waals surface area contributed by atoms with E-state index in [0.29, 0.717) is 19.5 Å². The van der Waals surface area contributed by atoms with Crippen LogP contribution in [0.4, 0.5) is 0 Å². The van der Waals surface area contributed by atoms with Crippen LogP contribution >= 0.6 is 11.3 Å². The summed E-state index contributed by atoms with van der Waals surface area (Å²) in [5, 5.41) is 2.03. The summed E-state index contributed by atoms with van der Waals surface area (Å²) < 4.78 is 10.9. The molecule has 0 saturated heterocycles. The second-order valence-electron chi connectivity index (χ2n) is 6.13. The van der Waals surface area contributed by atoms with E-state index in [2.05, 4.69) is 6.07 Å². The molecule has 3 aromatic rings. The number of nitrogens with zero attached hydrogens (tertiary/aromatic N) is 1. The molecule has 0 unspecified atom stereocenters. The molecule has 140 valence electrons. The molecule has 27 heavy (non-hydrogen) atoms. The Morgan fingerprint density at radius 3 is 2.11 bits per heavy atom. The van der Waals surface area contributed by atoms with Crippen LogP contribution < -0.4 is 9.47 Å². The highest BCUT2D eigenvalue weighted by Gasteiger charge is 2.19. The minimum absolute atomic E-state index is 0.0545. The fraction of sp³-hybridized carbons (Fsp3) is 0.227. The quantitative estimate of drug-likeness (QED) is 0.575. The van der Waals surface area contributed by atoms with Gasteiger partial charge in [0.2, 0.25) is 5.91 Å². The molecule has 0 atom stereocenters. The van der Waals surface area contributed by atoms with Crippen LogP contribution in [0.3, 0.4) is 0 Å². The van der Waals surface area contributed by atoms with E-state index in [-0.39, 0.29) is 5.91 Å². The molecule has 4 nitrogen and oxygen atoms in total. The van der Waals surface area contributed by atoms with Crippen LogP contribution in [0.2, 0.25) is 0 Å². The number of carbonyl (C=O) groups is 1. The number of benzene rings is 2. The molecule has 0 aliphatic carbocycles. The van der Waals surface area contributed by atoms with Gasteiger partial charge in [-0.2, -0.15) is 0 Å². The average molecular weight is 381 g/mol. The molecule has 5 heteroatoms. The fourth-order valence-electron chi connectivity index (χ4n) is 2.99. The Bertz CT molecular complexity index is 877. The van der Waals surface area contributed by atoms with Crippen molar-refractivity contribution < 1.29 is 14.3 Å². The second kappa shape index (κ2) is 9.24. The maximum Gasteiger partial charge on any atom is 0.227 e. The van der Waals surface area contributed by atoms with Gasteiger partial charge in [0.1, 0.15) is 11.5 Å². The van der Waals surface area contributed by atoms with Crippen molar-refractivity contribution in [2.75, 3.05) is 14.2 Å². The number of hydrogen-bond acceptors (Lipinski definition) is 4. The van der Waals surface area contributed by atoms with E-state index in [0.717, 1.165) is 27.5 Å². The molecule has 0 spiro atoms. The van der Waals surface area contributed by atoms with Crippen LogP contribution in [0.25, 0.3) is 0 Å². The summed E-state index contributed by atoms with van der Waals surface area (Å²) in [6.45, 7) is 1.07. The molecule has 0 aliphatic rings. The predicted octanol–water partition coefficient (Wildman–Crippen LogP) is 4.54. The van der Waals surface area contributed by atoms with Gasteiger partial charge in [-0.25, -0.2) is 0 Å². The lowest BCUT2D eigenvalue weighted by molar-refractivity contribution is -0.131. The summed E-state index contributed by atoms with van der Waals surface area (Å²) in [6, 6.07) is 19.5. The zero-order valence-electron chi connectivity index (χ0n) is 15.6. The summed E-state index contributed by atoms with van der Waals surface area (Å²) in [5.41, 5.74) is 1.88. The van der Waals surface area contributed by atoms with Gasteiger partial charge < -0.3 is 14.4 Å². The van der Waals surface area contributed by atoms with Crippen LogP contribution in [0, 0.1) is 0 Å². The third kappa shape index (κ3) is 4.89. The highest BCUT2D eigenvalue weighted by molar-refractivity contribution is 7.09. The molecule has 0 bridgehead atoms. The number of thiophene rings is 1. The van der Waals surface area contributed by atoms with Gasteiger partial charge in [-0.15, -0.1) is 11.3 Å². The number of amides is 1. The van der Waals surface area contributed by atoms with Gasteiger partial charge in [0.15, 0.2) is 0 Å². The van der Waals surface area contributed by atoms with Crippen LogP contribution in [0.5, 0.6) is 11.5 Å². The Hall–Kier alpha value is -2.79. The zero-order chi connectivity index (χ0) is 19.1. The molecule has 1 amide bonds. The Labute approximate surface area is 164 Å². The number of para-hydroxylation sites is 2. The van der Waals surface area contributed by atoms with Crippen molar-refractivity contribution in [1.29, 1.82) is 0 Å². The Morgan fingerprint density at radius 1 is 0.852 bits per heavy atom. The maximum atomic E-state index is 13.1. The molecule has 1 aromatic heterocycles. The molecule has 2 aromatic carbocycles. The zero-order valence-corrected chi connectivity index (χ0v) is 16.4. The minimum atomic E-state index is 0.0545. The van der Waals surface area contributed by atoms with Crippen LogP contribution in [0.1, 0.15) is 16.0 Å². The van der Waals surface area contributed by atoms with Crippen molar-refractivity contribution in [3.05, 3.63) is 82.0 Å². The summed E-state index contributed by atoms with van der Waals surface area (Å²) in [5.74, 6) is 1.58. The number of carbonyl (C=O) groups excluding carboxylic acids is 1. The van der Waals surface area contributed by atoms with Crippen LogP contribution in [-0.2, 0) is 24.3 Å². The summed E-state index contributed by atoms with van der Waals surface area (Å²) >= 11 is 1.65. The standard InChI is InChI=1S/C22H23NO3S/c1-25-20-11-5-3-8-17(20)14-22(24)23(16-19-10-7-13-27-19)15-18-9-4-6-12-21(18)26-2/h3-13H,14-16H2,1-2H3. The fourth-order valence-corrected chi connectivity index (χ4v) is 3.71. The molecular weight excluding hydrogens is 358 g/mol. The summed E-state index contributed by atoms with van der Waals surface area (Å²) in [6.07, 6.45) is 0.296. The summed E-state index contributed by atoms with van der Waals surface area (Å²) in [7, 11) is 3.28. The van der Waals surface area contributed by atoms with Gasteiger partial charge in [-0.1, -0.05) is 42.5 Å². The molecular formula is C22H23NO3S. The van der Waals surface area contributed by atoms with E-state index in [4.69, 9.17) is 9.47 Å². The smallest absolute Gasteiger partial charge is 0.227 e. The maximum absolute atomic E-state index is 13.1. The van der Waals surface area contributed by atoms with E-state index in [9.17, 15) is 4.79 Å². The van der Waals surface area contributed by atoms with Crippen molar-refractivity contribution in [2.24, 2.45) is 0 Å². The predicted molar refractivity (Wildman–Crippen MR) is 108 cm³/mol. The molecule has 1 heterocycles. The van der Waals surface area contributed by atoms with Crippen molar-refractivity contribution in [1.82, 2.24) is 4.90 Å². The van der Waals surface area contributed by atoms with Crippen molar-refractivity contribution >= 4 is 17.2 Å². The molecule has 0 fully saturated rings. The van der Waals surface area contributed by atoms with E-state index >= 15 is 0 Å². The van der Waals surface area contributed by atoms with Gasteiger partial charge in [0.05, 0.1) is 27.2 Å². The van der Waals surface area contributed by atoms with Crippen LogP contribution in [-0.4, -0.2) is 25.0 Å². The van der Waals surface area contributed by atoms with Crippen molar-refractivity contribution in [2.45, 2.75) is 19.5 Å². The average Bonchev–Trinajstić information content (AvgIpc) is 3.21. The lowest BCUT2D eigenvalue weighted by Crippen LogP contribution is -2.31. The number of ether oxygens (including phenoxy) is 2. The Morgan fingerprint density at radius 2 is 1.48 bits per heavy atom. The van der Waals surface area contributed by atoms with E-state index < -0.39 is 0 Å². The lowest BCUT2D eigenvalue weighted by atomic mass is 10.1. The van der Waals surface area contributed by atoms with E-state index in [1.807, 2.05) is 64.9 Å². The highest BCUT2D eigenvalue weighted by Crippen LogP contribution is 2.24. The van der Waals surface area contributed by atoms with Crippen LogP contribution in [0.15, 0.2) is 66.0 Å². The number of rotatable bonds is 8. The second-order valence-corrected chi connectivity index (χ2v) is 7.16. The van der Waals surface area contributed by atoms with Crippen molar-refractivity contribution in [3.8, 4) is 11.5 Å². The van der Waals surface area contributed by atoms with E-state index in [1.54, 1.807) is 25.6 Å². The first-order chi connectivity index (χ1) is 13.2. The Kier molecular flexibility index (Phi) is 6.49. The van der Waals surface area contributed by atoms with Gasteiger partial charge in [0.25, 0.3) is 0 Å². The molecule has 0 saturated carbocycles. The molecule has 3 rings (SSSR count). The lowest BCUT2D eigenvalue weighted by Gasteiger charge is -2.24. The minimum Gasteiger partial charge on any atom is -0.496 e. The van der Waals surface area contributed by atoms with Crippen molar-refractivity contribution in [3.63, 3.8) is 0 Å². The highest BCUT2D eigenvalue weighted by atomic mass is 32.1. The number of methoxy groups -OCH3 is 2. The van der Waals surface area contributed by atoms with Gasteiger partial charge in [-0.05, 0) is 23.6 Å². The monoisotopic (exact) mass is 381 g/mol. The first kappa shape index (κ1) is 19.0. The van der Waals surface area contributed by atoms with Gasteiger partial charge in [-0.3, -0.25) is 4.79 Å². The SMILES string of the molecule is COc1ccccc1CC(=O)N(Cc1cccs1)Cc1ccccc1OC. The summed E-state index contributed by atoms with van der Waals surface area (Å²) in [4.78, 5) is 16.2. The number of hydrogen-bond donors (Lipinski definition) is 0. The normalized spacial score (nSPS) is 10.4. The van der Waals surface area contributed by atoms with Gasteiger partial charge >= 0.3 is 0 Å². The first-order valence-corrected chi connectivity index (χ1v) is 9.63. The third-order valence-electron chi connectivity index (χ3n) is 4.37. The van der Waals surface area contributed by atoms with Gasteiger partial charge in [0, 0.05) is 22.5 Å². The largest absolute Gasteiger partial charge is 0.496 e. The molecule has 0 aliphatic heterocycles. The first-order valence-electron chi connectivity index (χ1n) is 8.75. The molecule has 0 radical (unpaired) electrons. The third-order valence-corrected chi connectivity index (χ3v) is 5.23. The Balaban J connectivity index is 1.83. The molecule has 0 N–H and O–H groups in total.